The SMILES string of the molecule is O=C(NC1CN2CC[C@H]1C2)c1ccc2c(Br)ccn2c1. The normalized spacial score (nSPS) is 28.1. The van der Waals surface area contributed by atoms with Gasteiger partial charge in [-0.05, 0) is 53.0 Å². The van der Waals surface area contributed by atoms with Gasteiger partial charge in [0.15, 0.2) is 0 Å². The quantitative estimate of drug-likeness (QED) is 0.914. The molecule has 0 aliphatic carbocycles. The van der Waals surface area contributed by atoms with Gasteiger partial charge in [-0.15, -0.1) is 0 Å². The number of carbonyl (C=O) groups is 1. The molecule has 2 aromatic heterocycles. The molecular weight excluding hydrogens is 318 g/mol. The number of rotatable bonds is 2. The van der Waals surface area contributed by atoms with Crippen LogP contribution in [0.1, 0.15) is 16.8 Å². The Bertz CT molecular complexity index is 681. The van der Waals surface area contributed by atoms with E-state index < -0.39 is 0 Å². The molecule has 4 heterocycles. The predicted octanol–water partition coefficient (Wildman–Crippen LogP) is 2.14. The van der Waals surface area contributed by atoms with Gasteiger partial charge in [0.25, 0.3) is 5.91 Å². The molecule has 2 fully saturated rings. The lowest BCUT2D eigenvalue weighted by Gasteiger charge is -2.23. The molecule has 1 amide bonds. The molecule has 2 aromatic rings. The predicted molar refractivity (Wildman–Crippen MR) is 80.9 cm³/mol. The summed E-state index contributed by atoms with van der Waals surface area (Å²) in [5.41, 5.74) is 1.80. The average Bonchev–Trinajstić information content (AvgIpc) is 3.14. The zero-order chi connectivity index (χ0) is 13.7. The summed E-state index contributed by atoms with van der Waals surface area (Å²) in [5, 5.41) is 3.19. The van der Waals surface area contributed by atoms with E-state index in [0.717, 1.165) is 28.6 Å². The maximum atomic E-state index is 12.4. The molecule has 5 heteroatoms. The Morgan fingerprint density at radius 3 is 2.95 bits per heavy atom. The number of hydrogen-bond acceptors (Lipinski definition) is 2. The number of nitrogens with zero attached hydrogens (tertiary/aromatic N) is 2. The van der Waals surface area contributed by atoms with Crippen LogP contribution in [0.5, 0.6) is 0 Å². The van der Waals surface area contributed by atoms with Crippen LogP contribution in [0, 0.1) is 5.92 Å². The fourth-order valence-corrected chi connectivity index (χ4v) is 3.86. The van der Waals surface area contributed by atoms with Gasteiger partial charge < -0.3 is 14.6 Å². The molecular formula is C15H16BrN3O. The van der Waals surface area contributed by atoms with E-state index in [-0.39, 0.29) is 5.91 Å². The van der Waals surface area contributed by atoms with Crippen LogP contribution >= 0.6 is 15.9 Å². The van der Waals surface area contributed by atoms with Crippen LogP contribution in [-0.2, 0) is 0 Å². The number of nitrogens with one attached hydrogen (secondary N) is 1. The van der Waals surface area contributed by atoms with Gasteiger partial charge in [-0.1, -0.05) is 0 Å². The van der Waals surface area contributed by atoms with Gasteiger partial charge in [-0.3, -0.25) is 4.79 Å². The Hall–Kier alpha value is -1.33. The Kier molecular flexibility index (Phi) is 2.86. The standard InChI is InChI=1S/C15H16BrN3O/c16-12-4-6-19-8-11(1-2-14(12)19)15(20)17-13-9-18-5-3-10(13)7-18/h1-2,4,6,8,10,13H,3,5,7,9H2,(H,17,20)/t10-,13?/m0/s1. The van der Waals surface area contributed by atoms with Crippen LogP contribution in [0.4, 0.5) is 0 Å². The summed E-state index contributed by atoms with van der Waals surface area (Å²) in [5.74, 6) is 0.680. The van der Waals surface area contributed by atoms with Crippen molar-refractivity contribution in [2.24, 2.45) is 5.92 Å². The molecule has 0 saturated carbocycles. The smallest absolute Gasteiger partial charge is 0.253 e. The third kappa shape index (κ3) is 1.96. The Morgan fingerprint density at radius 1 is 1.30 bits per heavy atom. The topological polar surface area (TPSA) is 36.8 Å². The van der Waals surface area contributed by atoms with Gasteiger partial charge in [-0.25, -0.2) is 0 Å². The van der Waals surface area contributed by atoms with Gasteiger partial charge in [0.1, 0.15) is 0 Å². The first kappa shape index (κ1) is 12.4. The molecule has 20 heavy (non-hydrogen) atoms. The first-order valence-electron chi connectivity index (χ1n) is 7.00. The fraction of sp³-hybridized carbons (Fsp3) is 0.400. The Balaban J connectivity index is 1.54. The molecule has 0 aromatic carbocycles. The minimum Gasteiger partial charge on any atom is -0.348 e. The zero-order valence-corrected chi connectivity index (χ0v) is 12.6. The van der Waals surface area contributed by atoms with Crippen molar-refractivity contribution in [2.45, 2.75) is 12.5 Å². The van der Waals surface area contributed by atoms with E-state index in [1.54, 1.807) is 0 Å². The second-order valence-corrected chi connectivity index (χ2v) is 6.62. The number of amides is 1. The van der Waals surface area contributed by atoms with Crippen molar-refractivity contribution < 1.29 is 4.79 Å². The van der Waals surface area contributed by atoms with Gasteiger partial charge in [0.2, 0.25) is 0 Å². The van der Waals surface area contributed by atoms with Gasteiger partial charge >= 0.3 is 0 Å². The molecule has 104 valence electrons. The first-order valence-corrected chi connectivity index (χ1v) is 7.79. The van der Waals surface area contributed by atoms with Gasteiger partial charge in [-0.2, -0.15) is 0 Å². The highest BCUT2D eigenvalue weighted by atomic mass is 79.9. The molecule has 0 radical (unpaired) electrons. The number of piperidine rings is 1. The van der Waals surface area contributed by atoms with E-state index in [9.17, 15) is 4.79 Å². The fourth-order valence-electron chi connectivity index (χ4n) is 3.41. The lowest BCUT2D eigenvalue weighted by atomic mass is 10.00. The Labute approximate surface area is 125 Å². The minimum atomic E-state index is 0.0375. The number of pyridine rings is 1. The summed E-state index contributed by atoms with van der Waals surface area (Å²) in [6, 6.07) is 6.18. The zero-order valence-electron chi connectivity index (χ0n) is 11.1. The Morgan fingerprint density at radius 2 is 2.20 bits per heavy atom. The summed E-state index contributed by atoms with van der Waals surface area (Å²) in [6.45, 7) is 3.35. The summed E-state index contributed by atoms with van der Waals surface area (Å²) >= 11 is 3.49. The van der Waals surface area contributed by atoms with Gasteiger partial charge in [0.05, 0.1) is 11.1 Å². The highest BCUT2D eigenvalue weighted by Gasteiger charge is 2.38. The largest absolute Gasteiger partial charge is 0.348 e. The number of fused-ring (bicyclic) bond motifs is 3. The summed E-state index contributed by atoms with van der Waals surface area (Å²) in [7, 11) is 0. The lowest BCUT2D eigenvalue weighted by molar-refractivity contribution is 0.0924. The van der Waals surface area contributed by atoms with Crippen LogP contribution in [0.2, 0.25) is 0 Å². The molecule has 4 nitrogen and oxygen atoms in total. The van der Waals surface area contributed by atoms with Crippen LogP contribution in [-0.4, -0.2) is 40.9 Å². The number of hydrogen-bond donors (Lipinski definition) is 1. The highest BCUT2D eigenvalue weighted by Crippen LogP contribution is 2.28. The highest BCUT2D eigenvalue weighted by molar-refractivity contribution is 9.10. The third-order valence-corrected chi connectivity index (χ3v) is 5.19. The molecule has 3 atom stereocenters. The molecule has 2 aliphatic heterocycles. The molecule has 0 spiro atoms. The monoisotopic (exact) mass is 333 g/mol. The molecule has 2 aliphatic rings. The van der Waals surface area contributed by atoms with E-state index in [4.69, 9.17) is 0 Å². The summed E-state index contributed by atoms with van der Waals surface area (Å²) in [6.07, 6.45) is 5.07. The van der Waals surface area contributed by atoms with Crippen molar-refractivity contribution in [1.82, 2.24) is 14.6 Å². The van der Waals surface area contributed by atoms with Crippen molar-refractivity contribution in [3.05, 3.63) is 40.6 Å². The van der Waals surface area contributed by atoms with Crippen LogP contribution in [0.25, 0.3) is 5.52 Å². The molecule has 1 N–H and O–H groups in total. The number of carbonyl (C=O) groups excluding carboxylic acids is 1. The maximum absolute atomic E-state index is 12.4. The number of halogens is 1. The van der Waals surface area contributed by atoms with Crippen LogP contribution in [0.3, 0.4) is 0 Å². The molecule has 4 rings (SSSR count). The van der Waals surface area contributed by atoms with Crippen molar-refractivity contribution in [2.75, 3.05) is 19.6 Å². The van der Waals surface area contributed by atoms with Crippen molar-refractivity contribution >= 4 is 27.4 Å². The number of aromatic nitrogens is 1. The van der Waals surface area contributed by atoms with Crippen molar-refractivity contribution in [3.8, 4) is 0 Å². The van der Waals surface area contributed by atoms with E-state index in [0.29, 0.717) is 12.0 Å². The minimum absolute atomic E-state index is 0.0375. The van der Waals surface area contributed by atoms with E-state index in [1.807, 2.05) is 35.0 Å². The summed E-state index contributed by atoms with van der Waals surface area (Å²) in [4.78, 5) is 14.8. The van der Waals surface area contributed by atoms with Crippen LogP contribution < -0.4 is 5.32 Å². The lowest BCUT2D eigenvalue weighted by Crippen LogP contribution is -2.43. The third-order valence-electron chi connectivity index (χ3n) is 4.51. The second-order valence-electron chi connectivity index (χ2n) is 5.76. The van der Waals surface area contributed by atoms with E-state index >= 15 is 0 Å². The van der Waals surface area contributed by atoms with Crippen molar-refractivity contribution in [1.29, 1.82) is 0 Å². The second kappa shape index (κ2) is 4.60. The van der Waals surface area contributed by atoms with E-state index in [1.165, 1.54) is 13.0 Å². The maximum Gasteiger partial charge on any atom is 0.253 e. The van der Waals surface area contributed by atoms with Crippen molar-refractivity contribution in [3.63, 3.8) is 0 Å². The van der Waals surface area contributed by atoms with E-state index in [2.05, 4.69) is 26.1 Å². The van der Waals surface area contributed by atoms with Gasteiger partial charge in [0, 0.05) is 36.0 Å². The van der Waals surface area contributed by atoms with Crippen LogP contribution in [0.15, 0.2) is 35.1 Å². The average molecular weight is 334 g/mol. The summed E-state index contributed by atoms with van der Waals surface area (Å²) < 4.78 is 3.02. The first-order chi connectivity index (χ1) is 9.70. The molecule has 2 unspecified atom stereocenters. The molecule has 2 bridgehead atoms. The molecule has 2 saturated heterocycles.